The van der Waals surface area contributed by atoms with E-state index in [-0.39, 0.29) is 11.5 Å². The Bertz CT molecular complexity index is 968. The molecule has 1 saturated heterocycles. The first-order valence-electron chi connectivity index (χ1n) is 9.50. The molecule has 4 rings (SSSR count). The number of anilines is 1. The summed E-state index contributed by atoms with van der Waals surface area (Å²) in [5.74, 6) is -0.193. The quantitative estimate of drug-likeness (QED) is 0.694. The van der Waals surface area contributed by atoms with Crippen LogP contribution in [0.4, 0.5) is 10.1 Å². The third kappa shape index (κ3) is 3.62. The molecular formula is C21H25FN4O. The Morgan fingerprint density at radius 3 is 2.26 bits per heavy atom. The monoisotopic (exact) mass is 368 g/mol. The summed E-state index contributed by atoms with van der Waals surface area (Å²) in [6.07, 6.45) is 0.949. The van der Waals surface area contributed by atoms with Gasteiger partial charge in [-0.3, -0.25) is 14.0 Å². The second kappa shape index (κ2) is 7.56. The van der Waals surface area contributed by atoms with Gasteiger partial charge in [-0.15, -0.1) is 0 Å². The molecule has 1 fully saturated rings. The van der Waals surface area contributed by atoms with E-state index in [1.807, 2.05) is 48.0 Å². The van der Waals surface area contributed by atoms with E-state index < -0.39 is 0 Å². The van der Waals surface area contributed by atoms with Gasteiger partial charge in [-0.1, -0.05) is 12.1 Å². The molecule has 6 heteroatoms. The van der Waals surface area contributed by atoms with Gasteiger partial charge in [-0.05, 0) is 49.4 Å². The maximum Gasteiger partial charge on any atom is 0.328 e. The van der Waals surface area contributed by atoms with Crippen LogP contribution < -0.4 is 10.6 Å². The summed E-state index contributed by atoms with van der Waals surface area (Å²) >= 11 is 0. The molecule has 3 aromatic rings. The highest BCUT2D eigenvalue weighted by Gasteiger charge is 2.17. The topological polar surface area (TPSA) is 33.4 Å². The summed E-state index contributed by atoms with van der Waals surface area (Å²) in [6, 6.07) is 14.7. The van der Waals surface area contributed by atoms with Crippen molar-refractivity contribution in [2.75, 3.05) is 37.6 Å². The van der Waals surface area contributed by atoms with Crippen LogP contribution >= 0.6 is 0 Å². The van der Waals surface area contributed by atoms with Gasteiger partial charge in [0.2, 0.25) is 0 Å². The molecule has 1 aliphatic heterocycles. The average Bonchev–Trinajstić information content (AvgIpc) is 2.94. The highest BCUT2D eigenvalue weighted by molar-refractivity contribution is 5.75. The van der Waals surface area contributed by atoms with Crippen molar-refractivity contribution in [3.05, 3.63) is 64.8 Å². The molecule has 1 aromatic heterocycles. The predicted molar refractivity (Wildman–Crippen MR) is 107 cm³/mol. The van der Waals surface area contributed by atoms with Crippen LogP contribution in [0.15, 0.2) is 53.3 Å². The molecule has 27 heavy (non-hydrogen) atoms. The summed E-state index contributed by atoms with van der Waals surface area (Å²) in [5, 5.41) is 0. The van der Waals surface area contributed by atoms with Crippen LogP contribution in [-0.4, -0.2) is 46.8 Å². The highest BCUT2D eigenvalue weighted by Crippen LogP contribution is 2.17. The first-order valence-corrected chi connectivity index (χ1v) is 9.50. The van der Waals surface area contributed by atoms with Crippen molar-refractivity contribution in [3.63, 3.8) is 0 Å². The van der Waals surface area contributed by atoms with E-state index in [9.17, 15) is 9.18 Å². The number of hydrogen-bond acceptors (Lipinski definition) is 3. The Morgan fingerprint density at radius 2 is 1.56 bits per heavy atom. The summed E-state index contributed by atoms with van der Waals surface area (Å²) < 4.78 is 16.7. The number of imidazole rings is 1. The van der Waals surface area contributed by atoms with E-state index in [4.69, 9.17) is 0 Å². The van der Waals surface area contributed by atoms with E-state index >= 15 is 0 Å². The average molecular weight is 368 g/mol. The number of para-hydroxylation sites is 2. The Hall–Kier alpha value is -2.60. The molecule has 0 atom stereocenters. The molecule has 0 radical (unpaired) electrons. The van der Waals surface area contributed by atoms with Gasteiger partial charge in [0.15, 0.2) is 0 Å². The van der Waals surface area contributed by atoms with Gasteiger partial charge in [0.05, 0.1) is 11.0 Å². The van der Waals surface area contributed by atoms with Crippen molar-refractivity contribution >= 4 is 16.7 Å². The predicted octanol–water partition coefficient (Wildman–Crippen LogP) is 2.69. The number of nitrogens with zero attached hydrogens (tertiary/aromatic N) is 4. The molecule has 2 heterocycles. The number of aromatic nitrogens is 2. The molecule has 142 valence electrons. The third-order valence-corrected chi connectivity index (χ3v) is 5.47. The van der Waals surface area contributed by atoms with Gasteiger partial charge in [-0.25, -0.2) is 9.18 Å². The molecule has 0 unspecified atom stereocenters. The number of halogens is 1. The SMILES string of the molecule is Cn1c(=O)n(CCCN2CCN(c3ccc(F)cc3)CC2)c2ccccc21. The van der Waals surface area contributed by atoms with Crippen molar-refractivity contribution in [1.82, 2.24) is 14.0 Å². The fourth-order valence-electron chi connectivity index (χ4n) is 3.91. The maximum atomic E-state index is 13.1. The Balaban J connectivity index is 1.32. The largest absolute Gasteiger partial charge is 0.369 e. The van der Waals surface area contributed by atoms with Gasteiger partial charge in [-0.2, -0.15) is 0 Å². The lowest BCUT2D eigenvalue weighted by molar-refractivity contribution is 0.250. The molecule has 2 aromatic carbocycles. The standard InChI is InChI=1S/C21H25FN4O/c1-23-19-5-2-3-6-20(19)26(21(23)27)12-4-11-24-13-15-25(16-14-24)18-9-7-17(22)8-10-18/h2-3,5-10H,4,11-16H2,1H3. The first-order chi connectivity index (χ1) is 13.1. The van der Waals surface area contributed by atoms with Gasteiger partial charge >= 0.3 is 5.69 Å². The van der Waals surface area contributed by atoms with Crippen molar-refractivity contribution < 1.29 is 4.39 Å². The number of fused-ring (bicyclic) bond motifs is 1. The fraction of sp³-hybridized carbons (Fsp3) is 0.381. The van der Waals surface area contributed by atoms with Crippen LogP contribution in [0.3, 0.4) is 0 Å². The van der Waals surface area contributed by atoms with Crippen molar-refractivity contribution in [3.8, 4) is 0 Å². The summed E-state index contributed by atoms with van der Waals surface area (Å²) in [4.78, 5) is 17.2. The Morgan fingerprint density at radius 1 is 0.889 bits per heavy atom. The minimum absolute atomic E-state index is 0.0531. The van der Waals surface area contributed by atoms with Crippen LogP contribution in [0.1, 0.15) is 6.42 Å². The van der Waals surface area contributed by atoms with Crippen molar-refractivity contribution in [2.45, 2.75) is 13.0 Å². The second-order valence-corrected chi connectivity index (χ2v) is 7.14. The lowest BCUT2D eigenvalue weighted by atomic mass is 10.2. The fourth-order valence-corrected chi connectivity index (χ4v) is 3.91. The van der Waals surface area contributed by atoms with E-state index in [1.54, 1.807) is 4.57 Å². The maximum absolute atomic E-state index is 13.1. The molecular weight excluding hydrogens is 343 g/mol. The van der Waals surface area contributed by atoms with Crippen LogP contribution in [0.2, 0.25) is 0 Å². The number of hydrogen-bond donors (Lipinski definition) is 0. The minimum Gasteiger partial charge on any atom is -0.369 e. The number of rotatable bonds is 5. The molecule has 1 aliphatic rings. The van der Waals surface area contributed by atoms with Crippen LogP contribution in [0, 0.1) is 5.82 Å². The smallest absolute Gasteiger partial charge is 0.328 e. The van der Waals surface area contributed by atoms with Crippen LogP contribution in [0.25, 0.3) is 11.0 Å². The lowest BCUT2D eigenvalue weighted by Gasteiger charge is -2.36. The van der Waals surface area contributed by atoms with E-state index in [0.717, 1.165) is 62.4 Å². The normalized spacial score (nSPS) is 15.6. The molecule has 0 bridgehead atoms. The zero-order valence-corrected chi connectivity index (χ0v) is 15.6. The van der Waals surface area contributed by atoms with Gasteiger partial charge < -0.3 is 4.90 Å². The molecule has 0 amide bonds. The number of aryl methyl sites for hydroxylation is 2. The summed E-state index contributed by atoms with van der Waals surface area (Å²) in [5.41, 5.74) is 3.12. The molecule has 5 nitrogen and oxygen atoms in total. The zero-order chi connectivity index (χ0) is 18.8. The van der Waals surface area contributed by atoms with Gasteiger partial charge in [0.25, 0.3) is 0 Å². The van der Waals surface area contributed by atoms with E-state index in [1.165, 1.54) is 12.1 Å². The van der Waals surface area contributed by atoms with E-state index in [0.29, 0.717) is 0 Å². The molecule has 0 aliphatic carbocycles. The minimum atomic E-state index is -0.193. The summed E-state index contributed by atoms with van der Waals surface area (Å²) in [7, 11) is 1.83. The van der Waals surface area contributed by atoms with Gasteiger partial charge in [0, 0.05) is 45.5 Å². The molecule has 0 N–H and O–H groups in total. The first kappa shape index (κ1) is 17.8. The zero-order valence-electron chi connectivity index (χ0n) is 15.6. The van der Waals surface area contributed by atoms with Crippen LogP contribution in [-0.2, 0) is 13.6 Å². The molecule has 0 spiro atoms. The Labute approximate surface area is 158 Å². The number of benzene rings is 2. The van der Waals surface area contributed by atoms with E-state index in [2.05, 4.69) is 9.80 Å². The molecule has 0 saturated carbocycles. The van der Waals surface area contributed by atoms with Crippen molar-refractivity contribution in [1.29, 1.82) is 0 Å². The summed E-state index contributed by atoms with van der Waals surface area (Å²) in [6.45, 7) is 5.58. The van der Waals surface area contributed by atoms with Crippen molar-refractivity contribution in [2.24, 2.45) is 7.05 Å². The van der Waals surface area contributed by atoms with Gasteiger partial charge in [0.1, 0.15) is 5.82 Å². The highest BCUT2D eigenvalue weighted by atomic mass is 19.1. The Kier molecular flexibility index (Phi) is 4.99. The lowest BCUT2D eigenvalue weighted by Crippen LogP contribution is -2.46. The van der Waals surface area contributed by atoms with Crippen LogP contribution in [0.5, 0.6) is 0 Å². The number of piperazine rings is 1. The second-order valence-electron chi connectivity index (χ2n) is 7.14. The third-order valence-electron chi connectivity index (χ3n) is 5.47.